The predicted octanol–water partition coefficient (Wildman–Crippen LogP) is -0.424. The number of aliphatic hydroxyl groups is 2. The van der Waals surface area contributed by atoms with Crippen LogP contribution in [0.3, 0.4) is 0 Å². The SMILES string of the molecule is COc1cccc(NC(=O)CNC(CO)CO)c1. The second-order valence-corrected chi connectivity index (χ2v) is 3.72. The van der Waals surface area contributed by atoms with Crippen LogP contribution in [0.2, 0.25) is 0 Å². The smallest absolute Gasteiger partial charge is 0.238 e. The largest absolute Gasteiger partial charge is 0.497 e. The summed E-state index contributed by atoms with van der Waals surface area (Å²) < 4.78 is 5.04. The Labute approximate surface area is 106 Å². The molecule has 0 spiro atoms. The number of benzene rings is 1. The fourth-order valence-corrected chi connectivity index (χ4v) is 1.33. The van der Waals surface area contributed by atoms with Crippen molar-refractivity contribution in [3.05, 3.63) is 24.3 Å². The molecule has 1 amide bonds. The van der Waals surface area contributed by atoms with E-state index in [9.17, 15) is 4.79 Å². The number of methoxy groups -OCH3 is 1. The number of carbonyl (C=O) groups excluding carboxylic acids is 1. The molecule has 18 heavy (non-hydrogen) atoms. The minimum atomic E-state index is -0.485. The molecule has 0 fully saturated rings. The minimum Gasteiger partial charge on any atom is -0.497 e. The lowest BCUT2D eigenvalue weighted by Gasteiger charge is -2.13. The van der Waals surface area contributed by atoms with Crippen molar-refractivity contribution in [1.29, 1.82) is 0 Å². The van der Waals surface area contributed by atoms with Crippen molar-refractivity contribution in [2.75, 3.05) is 32.2 Å². The monoisotopic (exact) mass is 254 g/mol. The zero-order valence-electron chi connectivity index (χ0n) is 10.2. The molecule has 1 aromatic rings. The van der Waals surface area contributed by atoms with Gasteiger partial charge in [0.05, 0.1) is 32.9 Å². The fourth-order valence-electron chi connectivity index (χ4n) is 1.33. The van der Waals surface area contributed by atoms with Gasteiger partial charge in [0.1, 0.15) is 5.75 Å². The number of carbonyl (C=O) groups is 1. The summed E-state index contributed by atoms with van der Waals surface area (Å²) in [5, 5.41) is 23.1. The molecule has 0 heterocycles. The highest BCUT2D eigenvalue weighted by atomic mass is 16.5. The van der Waals surface area contributed by atoms with Crippen LogP contribution in [0.25, 0.3) is 0 Å². The Bertz CT molecular complexity index is 380. The molecule has 0 aliphatic heterocycles. The number of aliphatic hydroxyl groups excluding tert-OH is 2. The lowest BCUT2D eigenvalue weighted by molar-refractivity contribution is -0.115. The summed E-state index contributed by atoms with van der Waals surface area (Å²) in [5.41, 5.74) is 0.630. The van der Waals surface area contributed by atoms with Crippen molar-refractivity contribution < 1.29 is 19.7 Å². The van der Waals surface area contributed by atoms with Crippen LogP contribution in [0.4, 0.5) is 5.69 Å². The van der Waals surface area contributed by atoms with Crippen LogP contribution in [-0.2, 0) is 4.79 Å². The summed E-state index contributed by atoms with van der Waals surface area (Å²) in [6, 6.07) is 6.51. The Kier molecular flexibility index (Phi) is 6.13. The molecule has 4 N–H and O–H groups in total. The van der Waals surface area contributed by atoms with E-state index in [1.54, 1.807) is 31.4 Å². The summed E-state index contributed by atoms with van der Waals surface area (Å²) in [7, 11) is 1.55. The van der Waals surface area contributed by atoms with Gasteiger partial charge < -0.3 is 25.6 Å². The maximum absolute atomic E-state index is 11.6. The van der Waals surface area contributed by atoms with Gasteiger partial charge in [-0.2, -0.15) is 0 Å². The van der Waals surface area contributed by atoms with Gasteiger partial charge in [-0.15, -0.1) is 0 Å². The first-order chi connectivity index (χ1) is 8.69. The molecular formula is C12H18N2O4. The summed E-state index contributed by atoms with van der Waals surface area (Å²) in [6.45, 7) is -0.422. The quantitative estimate of drug-likeness (QED) is 0.530. The summed E-state index contributed by atoms with van der Waals surface area (Å²) >= 11 is 0. The molecule has 6 nitrogen and oxygen atoms in total. The number of amides is 1. The molecule has 0 aromatic heterocycles. The van der Waals surface area contributed by atoms with E-state index in [1.165, 1.54) is 0 Å². The van der Waals surface area contributed by atoms with Crippen molar-refractivity contribution in [2.24, 2.45) is 0 Å². The van der Waals surface area contributed by atoms with Crippen molar-refractivity contribution >= 4 is 11.6 Å². The highest BCUT2D eigenvalue weighted by Gasteiger charge is 2.08. The molecule has 0 unspecified atom stereocenters. The molecule has 6 heteroatoms. The first-order valence-corrected chi connectivity index (χ1v) is 5.58. The Balaban J connectivity index is 2.44. The molecule has 1 rings (SSSR count). The van der Waals surface area contributed by atoms with E-state index < -0.39 is 6.04 Å². The average molecular weight is 254 g/mol. The van der Waals surface area contributed by atoms with Crippen LogP contribution in [0.5, 0.6) is 5.75 Å². The number of nitrogens with one attached hydrogen (secondary N) is 2. The van der Waals surface area contributed by atoms with Crippen LogP contribution in [0.15, 0.2) is 24.3 Å². The van der Waals surface area contributed by atoms with Crippen LogP contribution < -0.4 is 15.4 Å². The second kappa shape index (κ2) is 7.65. The van der Waals surface area contributed by atoms with E-state index in [1.807, 2.05) is 0 Å². The van der Waals surface area contributed by atoms with Crippen molar-refractivity contribution in [1.82, 2.24) is 5.32 Å². The van der Waals surface area contributed by atoms with E-state index in [4.69, 9.17) is 14.9 Å². The van der Waals surface area contributed by atoms with E-state index in [0.717, 1.165) is 0 Å². The highest BCUT2D eigenvalue weighted by Crippen LogP contribution is 2.16. The zero-order chi connectivity index (χ0) is 13.4. The number of anilines is 1. The normalized spacial score (nSPS) is 10.4. The van der Waals surface area contributed by atoms with Crippen LogP contribution >= 0.6 is 0 Å². The summed E-state index contributed by atoms with van der Waals surface area (Å²) in [4.78, 5) is 11.6. The van der Waals surface area contributed by atoms with Crippen LogP contribution in [0.1, 0.15) is 0 Å². The van der Waals surface area contributed by atoms with E-state index in [0.29, 0.717) is 11.4 Å². The highest BCUT2D eigenvalue weighted by molar-refractivity contribution is 5.92. The molecule has 0 aliphatic carbocycles. The van der Waals surface area contributed by atoms with Gasteiger partial charge in [0.2, 0.25) is 5.91 Å². The van der Waals surface area contributed by atoms with Gasteiger partial charge >= 0.3 is 0 Å². The lowest BCUT2D eigenvalue weighted by atomic mass is 10.3. The maximum atomic E-state index is 11.6. The van der Waals surface area contributed by atoms with Crippen molar-refractivity contribution in [2.45, 2.75) is 6.04 Å². The van der Waals surface area contributed by atoms with Gasteiger partial charge in [0, 0.05) is 11.8 Å². The molecule has 0 aliphatic rings. The van der Waals surface area contributed by atoms with Crippen LogP contribution in [-0.4, -0.2) is 49.0 Å². The van der Waals surface area contributed by atoms with E-state index in [2.05, 4.69) is 10.6 Å². The Morgan fingerprint density at radius 1 is 1.39 bits per heavy atom. The zero-order valence-corrected chi connectivity index (χ0v) is 10.2. The maximum Gasteiger partial charge on any atom is 0.238 e. The molecule has 0 radical (unpaired) electrons. The van der Waals surface area contributed by atoms with E-state index >= 15 is 0 Å². The fraction of sp³-hybridized carbons (Fsp3) is 0.417. The third-order valence-corrected chi connectivity index (χ3v) is 2.35. The molecule has 0 saturated heterocycles. The van der Waals surface area contributed by atoms with E-state index in [-0.39, 0.29) is 25.7 Å². The second-order valence-electron chi connectivity index (χ2n) is 3.72. The molecule has 0 bridgehead atoms. The number of hydrogen-bond acceptors (Lipinski definition) is 5. The van der Waals surface area contributed by atoms with Gasteiger partial charge in [-0.25, -0.2) is 0 Å². The number of ether oxygens (including phenoxy) is 1. The summed E-state index contributed by atoms with van der Waals surface area (Å²) in [5.74, 6) is 0.402. The third-order valence-electron chi connectivity index (χ3n) is 2.35. The molecule has 1 aromatic carbocycles. The standard InChI is InChI=1S/C12H18N2O4/c1-18-11-4-2-3-9(5-11)14-12(17)6-13-10(7-15)8-16/h2-5,10,13,15-16H,6-8H2,1H3,(H,14,17). The first kappa shape index (κ1) is 14.4. The van der Waals surface area contributed by atoms with Crippen molar-refractivity contribution in [3.63, 3.8) is 0 Å². The summed E-state index contributed by atoms with van der Waals surface area (Å²) in [6.07, 6.45) is 0. The molecule has 0 atom stereocenters. The number of rotatable bonds is 7. The molecular weight excluding hydrogens is 236 g/mol. The van der Waals surface area contributed by atoms with Crippen molar-refractivity contribution in [3.8, 4) is 5.75 Å². The number of hydrogen-bond donors (Lipinski definition) is 4. The Morgan fingerprint density at radius 3 is 2.72 bits per heavy atom. The minimum absolute atomic E-state index is 0.0169. The molecule has 0 saturated carbocycles. The topological polar surface area (TPSA) is 90.8 Å². The van der Waals surface area contributed by atoms with Crippen LogP contribution in [0, 0.1) is 0 Å². The molecule has 100 valence electrons. The van der Waals surface area contributed by atoms with Gasteiger partial charge in [0.25, 0.3) is 0 Å². The van der Waals surface area contributed by atoms with Gasteiger partial charge in [0.15, 0.2) is 0 Å². The third kappa shape index (κ3) is 4.70. The van der Waals surface area contributed by atoms with Gasteiger partial charge in [-0.3, -0.25) is 4.79 Å². The first-order valence-electron chi connectivity index (χ1n) is 5.58. The van der Waals surface area contributed by atoms with Gasteiger partial charge in [-0.1, -0.05) is 6.07 Å². The lowest BCUT2D eigenvalue weighted by Crippen LogP contribution is -2.40. The average Bonchev–Trinajstić information content (AvgIpc) is 2.40. The van der Waals surface area contributed by atoms with Gasteiger partial charge in [-0.05, 0) is 12.1 Å². The predicted molar refractivity (Wildman–Crippen MR) is 67.6 cm³/mol. The Hall–Kier alpha value is -1.63. The Morgan fingerprint density at radius 2 is 2.11 bits per heavy atom.